The summed E-state index contributed by atoms with van der Waals surface area (Å²) in [5.74, 6) is 0. The van der Waals surface area contributed by atoms with Crippen LogP contribution in [0.15, 0.2) is 48.5 Å². The van der Waals surface area contributed by atoms with Crippen LogP contribution in [0.1, 0.15) is 37.5 Å². The largest absolute Gasteiger partial charge is 0.344 e. The second-order valence-electron chi connectivity index (χ2n) is 7.20. The van der Waals surface area contributed by atoms with Crippen molar-refractivity contribution in [1.82, 2.24) is 4.90 Å². The average molecular weight is 324 g/mol. The minimum atomic E-state index is 0.176. The summed E-state index contributed by atoms with van der Waals surface area (Å²) < 4.78 is 0. The molecule has 1 aliphatic heterocycles. The zero-order valence-corrected chi connectivity index (χ0v) is 14.9. The highest BCUT2D eigenvalue weighted by Gasteiger charge is 2.18. The van der Waals surface area contributed by atoms with E-state index in [1.165, 1.54) is 16.7 Å². The summed E-state index contributed by atoms with van der Waals surface area (Å²) in [5.41, 5.74) is 5.39. The van der Waals surface area contributed by atoms with Crippen molar-refractivity contribution in [2.45, 2.75) is 39.2 Å². The van der Waals surface area contributed by atoms with Crippen LogP contribution in [0, 0.1) is 0 Å². The highest BCUT2D eigenvalue weighted by atomic mass is 32.1. The third kappa shape index (κ3) is 3.73. The molecule has 23 heavy (non-hydrogen) atoms. The van der Waals surface area contributed by atoms with E-state index >= 15 is 0 Å². The number of benzene rings is 2. The first-order chi connectivity index (χ1) is 10.9. The van der Waals surface area contributed by atoms with Crippen molar-refractivity contribution < 1.29 is 0 Å². The second-order valence-corrected chi connectivity index (χ2v) is 7.58. The van der Waals surface area contributed by atoms with Gasteiger partial charge in [-0.15, -0.1) is 0 Å². The van der Waals surface area contributed by atoms with Crippen LogP contribution < -0.4 is 5.32 Å². The summed E-state index contributed by atoms with van der Waals surface area (Å²) in [6, 6.07) is 17.2. The third-order valence-electron chi connectivity index (χ3n) is 4.42. The summed E-state index contributed by atoms with van der Waals surface area (Å²) in [6.07, 6.45) is 1.06. The van der Waals surface area contributed by atoms with Gasteiger partial charge in [0.25, 0.3) is 0 Å². The van der Waals surface area contributed by atoms with Crippen LogP contribution in [-0.4, -0.2) is 16.6 Å². The van der Waals surface area contributed by atoms with Crippen LogP contribution in [0.25, 0.3) is 0 Å². The van der Waals surface area contributed by atoms with Crippen LogP contribution >= 0.6 is 12.2 Å². The van der Waals surface area contributed by atoms with Gasteiger partial charge in [-0.2, -0.15) is 0 Å². The van der Waals surface area contributed by atoms with E-state index in [1.807, 2.05) is 0 Å². The van der Waals surface area contributed by atoms with E-state index in [1.54, 1.807) is 0 Å². The Kier molecular flexibility index (Phi) is 4.40. The van der Waals surface area contributed by atoms with Crippen molar-refractivity contribution in [3.8, 4) is 0 Å². The summed E-state index contributed by atoms with van der Waals surface area (Å²) >= 11 is 5.61. The first-order valence-corrected chi connectivity index (χ1v) is 8.57. The van der Waals surface area contributed by atoms with E-state index in [0.29, 0.717) is 0 Å². The minimum absolute atomic E-state index is 0.176. The molecule has 0 radical (unpaired) electrons. The number of hydrogen-bond acceptors (Lipinski definition) is 1. The molecule has 3 rings (SSSR count). The van der Waals surface area contributed by atoms with Crippen molar-refractivity contribution in [2.24, 2.45) is 0 Å². The molecule has 2 aromatic rings. The number of thiocarbonyl (C=S) groups is 1. The fraction of sp³-hybridized carbons (Fsp3) is 0.350. The van der Waals surface area contributed by atoms with E-state index < -0.39 is 0 Å². The highest BCUT2D eigenvalue weighted by molar-refractivity contribution is 7.80. The van der Waals surface area contributed by atoms with Gasteiger partial charge in [0.05, 0.1) is 0 Å². The van der Waals surface area contributed by atoms with Crippen molar-refractivity contribution in [2.75, 3.05) is 11.9 Å². The molecule has 1 N–H and O–H groups in total. The molecule has 0 aromatic heterocycles. The number of nitrogens with zero attached hydrogens (tertiary/aromatic N) is 1. The predicted molar refractivity (Wildman–Crippen MR) is 102 cm³/mol. The zero-order valence-electron chi connectivity index (χ0n) is 14.1. The lowest BCUT2D eigenvalue weighted by Gasteiger charge is -2.31. The lowest BCUT2D eigenvalue weighted by molar-refractivity contribution is 0.399. The summed E-state index contributed by atoms with van der Waals surface area (Å²) in [7, 11) is 0. The van der Waals surface area contributed by atoms with Gasteiger partial charge in [0.1, 0.15) is 0 Å². The van der Waals surface area contributed by atoms with E-state index in [9.17, 15) is 0 Å². The van der Waals surface area contributed by atoms with Gasteiger partial charge in [-0.3, -0.25) is 0 Å². The molecule has 120 valence electrons. The molecule has 0 spiro atoms. The Morgan fingerprint density at radius 1 is 1.00 bits per heavy atom. The molecule has 3 heteroatoms. The molecule has 0 saturated carbocycles. The van der Waals surface area contributed by atoms with Gasteiger partial charge in [0.2, 0.25) is 0 Å². The Morgan fingerprint density at radius 2 is 1.65 bits per heavy atom. The molecule has 1 heterocycles. The molecule has 0 fully saturated rings. The van der Waals surface area contributed by atoms with Crippen molar-refractivity contribution in [1.29, 1.82) is 0 Å². The van der Waals surface area contributed by atoms with Gasteiger partial charge in [-0.1, -0.05) is 57.2 Å². The van der Waals surface area contributed by atoms with Gasteiger partial charge >= 0.3 is 0 Å². The number of anilines is 1. The van der Waals surface area contributed by atoms with Crippen LogP contribution in [0.5, 0.6) is 0 Å². The number of nitrogens with one attached hydrogen (secondary N) is 1. The first kappa shape index (κ1) is 16.0. The van der Waals surface area contributed by atoms with Gasteiger partial charge in [0, 0.05) is 18.8 Å². The maximum absolute atomic E-state index is 5.61. The SMILES string of the molecule is CC(C)(C)c1ccc(NC(=S)N2CCc3ccccc3C2)cc1. The molecule has 0 unspecified atom stereocenters. The monoisotopic (exact) mass is 324 g/mol. The summed E-state index contributed by atoms with van der Waals surface area (Å²) in [4.78, 5) is 2.25. The maximum Gasteiger partial charge on any atom is 0.173 e. The Hall–Kier alpha value is -1.87. The fourth-order valence-corrected chi connectivity index (χ4v) is 3.20. The Bertz CT molecular complexity index is 698. The quantitative estimate of drug-likeness (QED) is 0.763. The fourth-order valence-electron chi connectivity index (χ4n) is 2.93. The second kappa shape index (κ2) is 6.32. The standard InChI is InChI=1S/C20H24N2S/c1-20(2,3)17-8-10-18(11-9-17)21-19(23)22-13-12-15-6-4-5-7-16(15)14-22/h4-11H,12-14H2,1-3H3,(H,21,23). The van der Waals surface area contributed by atoms with E-state index in [2.05, 4.69) is 79.5 Å². The number of rotatable bonds is 1. The minimum Gasteiger partial charge on any atom is -0.344 e. The van der Waals surface area contributed by atoms with Crippen LogP contribution in [-0.2, 0) is 18.4 Å². The molecule has 2 nitrogen and oxygen atoms in total. The molecule has 0 bridgehead atoms. The molecular weight excluding hydrogens is 300 g/mol. The van der Waals surface area contributed by atoms with Crippen LogP contribution in [0.2, 0.25) is 0 Å². The molecule has 0 saturated heterocycles. The Morgan fingerprint density at radius 3 is 2.30 bits per heavy atom. The predicted octanol–water partition coefficient (Wildman–Crippen LogP) is 4.74. The normalized spacial score (nSPS) is 14.3. The van der Waals surface area contributed by atoms with Gasteiger partial charge in [0.15, 0.2) is 5.11 Å². The Balaban J connectivity index is 1.66. The van der Waals surface area contributed by atoms with Crippen LogP contribution in [0.4, 0.5) is 5.69 Å². The number of hydrogen-bond donors (Lipinski definition) is 1. The topological polar surface area (TPSA) is 15.3 Å². The molecular formula is C20H24N2S. The van der Waals surface area contributed by atoms with Crippen molar-refractivity contribution in [3.63, 3.8) is 0 Å². The molecule has 2 aromatic carbocycles. The molecule has 0 atom stereocenters. The maximum atomic E-state index is 5.61. The average Bonchev–Trinajstić information content (AvgIpc) is 2.54. The first-order valence-electron chi connectivity index (χ1n) is 8.17. The van der Waals surface area contributed by atoms with E-state index in [0.717, 1.165) is 30.3 Å². The van der Waals surface area contributed by atoms with Gasteiger partial charge in [-0.05, 0) is 52.9 Å². The zero-order chi connectivity index (χ0) is 16.4. The van der Waals surface area contributed by atoms with E-state index in [-0.39, 0.29) is 5.41 Å². The van der Waals surface area contributed by atoms with Crippen molar-refractivity contribution >= 4 is 23.0 Å². The molecule has 1 aliphatic rings. The lowest BCUT2D eigenvalue weighted by Crippen LogP contribution is -2.38. The Labute approximate surface area is 144 Å². The third-order valence-corrected chi connectivity index (χ3v) is 4.78. The highest BCUT2D eigenvalue weighted by Crippen LogP contribution is 2.24. The smallest absolute Gasteiger partial charge is 0.173 e. The van der Waals surface area contributed by atoms with Crippen LogP contribution in [0.3, 0.4) is 0 Å². The van der Waals surface area contributed by atoms with E-state index in [4.69, 9.17) is 12.2 Å². The number of fused-ring (bicyclic) bond motifs is 1. The lowest BCUT2D eigenvalue weighted by atomic mass is 9.87. The molecule has 0 aliphatic carbocycles. The van der Waals surface area contributed by atoms with Gasteiger partial charge in [-0.25, -0.2) is 0 Å². The summed E-state index contributed by atoms with van der Waals surface area (Å²) in [5, 5.41) is 4.19. The van der Waals surface area contributed by atoms with Gasteiger partial charge < -0.3 is 10.2 Å². The van der Waals surface area contributed by atoms with Crippen molar-refractivity contribution in [3.05, 3.63) is 65.2 Å². The molecule has 0 amide bonds. The summed E-state index contributed by atoms with van der Waals surface area (Å²) in [6.45, 7) is 8.55.